The molecule has 29 heavy (non-hydrogen) atoms. The SMILES string of the molecule is COc1cc(/C=N\N2CCN(Cc3ccc(C)cc3C)CC2)cc(OC)c1OC. The molecule has 0 unspecified atom stereocenters. The lowest BCUT2D eigenvalue weighted by Gasteiger charge is -2.33. The van der Waals surface area contributed by atoms with Crippen LogP contribution < -0.4 is 14.2 Å². The van der Waals surface area contributed by atoms with E-state index >= 15 is 0 Å². The van der Waals surface area contributed by atoms with Crippen molar-refractivity contribution in [2.75, 3.05) is 47.5 Å². The summed E-state index contributed by atoms with van der Waals surface area (Å²) in [5.41, 5.74) is 5.01. The predicted molar refractivity (Wildman–Crippen MR) is 116 cm³/mol. The maximum absolute atomic E-state index is 5.41. The molecule has 0 aromatic heterocycles. The number of piperazine rings is 1. The maximum atomic E-state index is 5.41. The van der Waals surface area contributed by atoms with Gasteiger partial charge in [-0.15, -0.1) is 0 Å². The summed E-state index contributed by atoms with van der Waals surface area (Å²) in [7, 11) is 4.84. The monoisotopic (exact) mass is 397 g/mol. The highest BCUT2D eigenvalue weighted by Gasteiger charge is 2.17. The first-order chi connectivity index (χ1) is 14.0. The number of hydrogen-bond acceptors (Lipinski definition) is 6. The van der Waals surface area contributed by atoms with Gasteiger partial charge in [-0.2, -0.15) is 5.10 Å². The number of ether oxygens (including phenoxy) is 3. The Kier molecular flexibility index (Phi) is 6.99. The van der Waals surface area contributed by atoms with E-state index in [1.54, 1.807) is 21.3 Å². The van der Waals surface area contributed by atoms with Crippen LogP contribution >= 0.6 is 0 Å². The van der Waals surface area contributed by atoms with Crippen molar-refractivity contribution in [2.24, 2.45) is 5.10 Å². The van der Waals surface area contributed by atoms with Crippen LogP contribution in [0, 0.1) is 13.8 Å². The van der Waals surface area contributed by atoms with Crippen LogP contribution in [0.5, 0.6) is 17.2 Å². The van der Waals surface area contributed by atoms with Crippen LogP contribution in [0.1, 0.15) is 22.3 Å². The lowest BCUT2D eigenvalue weighted by Crippen LogP contribution is -2.43. The summed E-state index contributed by atoms with van der Waals surface area (Å²) in [6.07, 6.45) is 1.85. The smallest absolute Gasteiger partial charge is 0.203 e. The average Bonchev–Trinajstić information content (AvgIpc) is 2.74. The van der Waals surface area contributed by atoms with E-state index in [-0.39, 0.29) is 0 Å². The Morgan fingerprint density at radius 1 is 0.897 bits per heavy atom. The topological polar surface area (TPSA) is 46.5 Å². The molecule has 1 aliphatic rings. The van der Waals surface area contributed by atoms with Crippen molar-refractivity contribution in [3.05, 3.63) is 52.6 Å². The molecule has 0 radical (unpaired) electrons. The van der Waals surface area contributed by atoms with Gasteiger partial charge < -0.3 is 14.2 Å². The van der Waals surface area contributed by atoms with Crippen molar-refractivity contribution in [2.45, 2.75) is 20.4 Å². The van der Waals surface area contributed by atoms with Crippen LogP contribution in [-0.2, 0) is 6.54 Å². The third kappa shape index (κ3) is 5.21. The van der Waals surface area contributed by atoms with E-state index in [1.165, 1.54) is 16.7 Å². The number of hydrogen-bond donors (Lipinski definition) is 0. The Morgan fingerprint density at radius 2 is 1.55 bits per heavy atom. The summed E-state index contributed by atoms with van der Waals surface area (Å²) in [5, 5.41) is 6.77. The fourth-order valence-electron chi connectivity index (χ4n) is 3.60. The third-order valence-electron chi connectivity index (χ3n) is 5.30. The number of nitrogens with zero attached hydrogens (tertiary/aromatic N) is 3. The number of hydrazone groups is 1. The highest BCUT2D eigenvalue weighted by Crippen LogP contribution is 2.37. The van der Waals surface area contributed by atoms with Gasteiger partial charge >= 0.3 is 0 Å². The summed E-state index contributed by atoms with van der Waals surface area (Å²) >= 11 is 0. The molecule has 0 aliphatic carbocycles. The molecule has 2 aromatic rings. The van der Waals surface area contributed by atoms with E-state index in [0.29, 0.717) is 17.2 Å². The number of benzene rings is 2. The van der Waals surface area contributed by atoms with E-state index in [0.717, 1.165) is 38.3 Å². The Bertz CT molecular complexity index is 833. The fraction of sp³-hybridized carbons (Fsp3) is 0.435. The van der Waals surface area contributed by atoms with Crippen molar-refractivity contribution in [3.63, 3.8) is 0 Å². The second-order valence-electron chi connectivity index (χ2n) is 7.36. The largest absolute Gasteiger partial charge is 0.493 e. The zero-order chi connectivity index (χ0) is 20.8. The molecular weight excluding hydrogens is 366 g/mol. The summed E-state index contributed by atoms with van der Waals surface area (Å²) in [4.78, 5) is 2.49. The van der Waals surface area contributed by atoms with Crippen molar-refractivity contribution in [1.82, 2.24) is 9.91 Å². The van der Waals surface area contributed by atoms with E-state index in [2.05, 4.69) is 47.1 Å². The number of rotatable bonds is 7. The molecule has 1 heterocycles. The molecule has 1 aliphatic heterocycles. The van der Waals surface area contributed by atoms with Gasteiger partial charge in [0.1, 0.15) is 0 Å². The van der Waals surface area contributed by atoms with E-state index < -0.39 is 0 Å². The highest BCUT2D eigenvalue weighted by molar-refractivity contribution is 5.82. The number of methoxy groups -OCH3 is 3. The first-order valence-corrected chi connectivity index (χ1v) is 9.91. The Labute approximate surface area is 173 Å². The van der Waals surface area contributed by atoms with Crippen LogP contribution in [0.2, 0.25) is 0 Å². The molecular formula is C23H31N3O3. The lowest BCUT2D eigenvalue weighted by atomic mass is 10.1. The lowest BCUT2D eigenvalue weighted by molar-refractivity contribution is 0.131. The molecule has 2 aromatic carbocycles. The average molecular weight is 398 g/mol. The van der Waals surface area contributed by atoms with Crippen molar-refractivity contribution in [1.29, 1.82) is 0 Å². The van der Waals surface area contributed by atoms with E-state index in [1.807, 2.05) is 18.3 Å². The second-order valence-corrected chi connectivity index (χ2v) is 7.36. The highest BCUT2D eigenvalue weighted by atomic mass is 16.5. The van der Waals surface area contributed by atoms with E-state index in [4.69, 9.17) is 14.2 Å². The Morgan fingerprint density at radius 3 is 2.10 bits per heavy atom. The standard InChI is InChI=1S/C23H31N3O3/c1-17-6-7-20(18(2)12-17)16-25-8-10-26(11-9-25)24-15-19-13-21(27-3)23(29-5)22(14-19)28-4/h6-7,12-15H,8-11,16H2,1-5H3/b24-15-. The van der Waals surface area contributed by atoms with Crippen LogP contribution in [-0.4, -0.2) is 63.6 Å². The van der Waals surface area contributed by atoms with Gasteiger partial charge in [-0.05, 0) is 37.1 Å². The molecule has 3 rings (SSSR count). The van der Waals surface area contributed by atoms with Gasteiger partial charge in [0.15, 0.2) is 11.5 Å². The van der Waals surface area contributed by atoms with E-state index in [9.17, 15) is 0 Å². The van der Waals surface area contributed by atoms with Crippen LogP contribution in [0.25, 0.3) is 0 Å². The minimum atomic E-state index is 0.590. The van der Waals surface area contributed by atoms with Gasteiger partial charge in [-0.1, -0.05) is 23.8 Å². The van der Waals surface area contributed by atoms with Gasteiger partial charge in [0, 0.05) is 38.3 Å². The molecule has 156 valence electrons. The van der Waals surface area contributed by atoms with Gasteiger partial charge in [0.2, 0.25) is 5.75 Å². The van der Waals surface area contributed by atoms with Gasteiger partial charge in [0.05, 0.1) is 27.5 Å². The maximum Gasteiger partial charge on any atom is 0.203 e. The summed E-state index contributed by atoms with van der Waals surface area (Å²) < 4.78 is 16.2. The van der Waals surface area contributed by atoms with Crippen molar-refractivity contribution in [3.8, 4) is 17.2 Å². The quantitative estimate of drug-likeness (QED) is 0.670. The zero-order valence-corrected chi connectivity index (χ0v) is 18.1. The first-order valence-electron chi connectivity index (χ1n) is 9.91. The Hall–Kier alpha value is -2.73. The molecule has 0 saturated carbocycles. The van der Waals surface area contributed by atoms with Crippen molar-refractivity contribution >= 4 is 6.21 Å². The molecule has 0 spiro atoms. The molecule has 0 bridgehead atoms. The van der Waals surface area contributed by atoms with Gasteiger partial charge in [-0.3, -0.25) is 9.91 Å². The van der Waals surface area contributed by atoms with Gasteiger partial charge in [-0.25, -0.2) is 0 Å². The normalized spacial score (nSPS) is 15.0. The molecule has 6 nitrogen and oxygen atoms in total. The second kappa shape index (κ2) is 9.65. The number of aryl methyl sites for hydroxylation is 2. The zero-order valence-electron chi connectivity index (χ0n) is 18.1. The Balaban J connectivity index is 1.60. The molecule has 1 saturated heterocycles. The minimum Gasteiger partial charge on any atom is -0.493 e. The van der Waals surface area contributed by atoms with Crippen molar-refractivity contribution < 1.29 is 14.2 Å². The fourth-order valence-corrected chi connectivity index (χ4v) is 3.60. The summed E-state index contributed by atoms with van der Waals surface area (Å²) in [6.45, 7) is 9.15. The van der Waals surface area contributed by atoms with Gasteiger partial charge in [0.25, 0.3) is 0 Å². The third-order valence-corrected chi connectivity index (χ3v) is 5.30. The molecule has 1 fully saturated rings. The van der Waals surface area contributed by atoms with Crippen LogP contribution in [0.3, 0.4) is 0 Å². The van der Waals surface area contributed by atoms with Crippen LogP contribution in [0.15, 0.2) is 35.4 Å². The minimum absolute atomic E-state index is 0.590. The van der Waals surface area contributed by atoms with Crippen LogP contribution in [0.4, 0.5) is 0 Å². The predicted octanol–water partition coefficient (Wildman–Crippen LogP) is 3.48. The summed E-state index contributed by atoms with van der Waals surface area (Å²) in [6, 6.07) is 10.5. The molecule has 0 amide bonds. The summed E-state index contributed by atoms with van der Waals surface area (Å²) in [5.74, 6) is 1.85. The molecule has 0 N–H and O–H groups in total. The molecule has 6 heteroatoms. The molecule has 0 atom stereocenters. The first kappa shape index (κ1) is 21.0.